The number of esters is 1. The summed E-state index contributed by atoms with van der Waals surface area (Å²) in [4.78, 5) is 46.0. The number of Topliss-reactive ketones (excluding diaryl/α,β-unsaturated/α-hetero) is 1. The van der Waals surface area contributed by atoms with E-state index in [1.165, 1.54) is 18.1 Å². The molecule has 1 aliphatic rings. The van der Waals surface area contributed by atoms with Gasteiger partial charge in [0, 0.05) is 5.56 Å². The third-order valence-corrected chi connectivity index (χ3v) is 8.51. The minimum Gasteiger partial charge on any atom is -0.507 e. The van der Waals surface area contributed by atoms with Gasteiger partial charge in [-0.1, -0.05) is 59.9 Å². The molecule has 1 unspecified atom stereocenters. The van der Waals surface area contributed by atoms with E-state index in [1.807, 2.05) is 38.1 Å². The molecule has 10 nitrogen and oxygen atoms in total. The molecule has 0 radical (unpaired) electrons. The maximum Gasteiger partial charge on any atom is 0.350 e. The fraction of sp³-hybridized carbons (Fsp3) is 0.222. The highest BCUT2D eigenvalue weighted by Gasteiger charge is 2.48. The summed E-state index contributed by atoms with van der Waals surface area (Å²) in [6.07, 6.45) is 1.44. The zero-order chi connectivity index (χ0) is 33.7. The highest BCUT2D eigenvalue weighted by molar-refractivity contribution is 7.17. The topological polar surface area (TPSA) is 124 Å². The number of methoxy groups -OCH3 is 1. The van der Waals surface area contributed by atoms with E-state index < -0.39 is 23.7 Å². The lowest BCUT2D eigenvalue weighted by molar-refractivity contribution is -0.132. The van der Waals surface area contributed by atoms with Gasteiger partial charge in [-0.05, 0) is 68.3 Å². The SMILES string of the molecule is C=CCOC(=O)c1sc(N2C(=O)C(=O)C(=C(O)c3ccc(OCc4cccc(C)c4)cc3)C2c2ccc(OCC)c(OC)c2)nc1C. The number of aliphatic hydroxyl groups is 1. The number of ketones is 1. The van der Waals surface area contributed by atoms with Crippen molar-refractivity contribution >= 4 is 39.9 Å². The molecule has 1 fully saturated rings. The summed E-state index contributed by atoms with van der Waals surface area (Å²) < 4.78 is 22.3. The van der Waals surface area contributed by atoms with Gasteiger partial charge < -0.3 is 24.1 Å². The van der Waals surface area contributed by atoms with Gasteiger partial charge in [-0.2, -0.15) is 0 Å². The molecule has 1 saturated heterocycles. The molecule has 5 rings (SSSR count). The number of thiazole rings is 1. The van der Waals surface area contributed by atoms with Gasteiger partial charge in [0.15, 0.2) is 16.6 Å². The van der Waals surface area contributed by atoms with E-state index in [-0.39, 0.29) is 27.9 Å². The number of aromatic nitrogens is 1. The molecule has 47 heavy (non-hydrogen) atoms. The lowest BCUT2D eigenvalue weighted by Crippen LogP contribution is -2.29. The van der Waals surface area contributed by atoms with Crippen LogP contribution >= 0.6 is 11.3 Å². The van der Waals surface area contributed by atoms with E-state index in [0.29, 0.717) is 47.3 Å². The number of aryl methyl sites for hydroxylation is 2. The van der Waals surface area contributed by atoms with Gasteiger partial charge in [0.2, 0.25) is 0 Å². The van der Waals surface area contributed by atoms with Crippen LogP contribution in [0.4, 0.5) is 5.13 Å². The summed E-state index contributed by atoms with van der Waals surface area (Å²) in [5.74, 6) is -1.45. The van der Waals surface area contributed by atoms with Crippen LogP contribution in [0.2, 0.25) is 0 Å². The highest BCUT2D eigenvalue weighted by atomic mass is 32.1. The third-order valence-electron chi connectivity index (χ3n) is 7.37. The van der Waals surface area contributed by atoms with Crippen molar-refractivity contribution in [3.63, 3.8) is 0 Å². The number of anilines is 1. The number of ether oxygens (including phenoxy) is 4. The second-order valence-corrected chi connectivity index (χ2v) is 11.6. The van der Waals surface area contributed by atoms with Gasteiger partial charge in [0.05, 0.1) is 31.0 Å². The Hall–Kier alpha value is -5.42. The second-order valence-electron chi connectivity index (χ2n) is 10.6. The van der Waals surface area contributed by atoms with Crippen LogP contribution in [-0.2, 0) is 20.9 Å². The molecule has 3 aromatic carbocycles. The molecule has 11 heteroatoms. The zero-order valence-electron chi connectivity index (χ0n) is 26.4. The molecule has 0 bridgehead atoms. The fourth-order valence-corrected chi connectivity index (χ4v) is 6.17. The number of carbonyl (C=O) groups excluding carboxylic acids is 3. The Labute approximate surface area is 276 Å². The number of hydrogen-bond acceptors (Lipinski definition) is 10. The molecule has 0 saturated carbocycles. The number of hydrogen-bond donors (Lipinski definition) is 1. The standard InChI is InChI=1S/C36H34N2O8S/c1-6-17-45-35(42)33-22(4)37-36(47-33)38-30(25-13-16-27(44-7-2)28(19-25)43-5)29(32(40)34(38)41)31(39)24-11-14-26(15-12-24)46-20-23-10-8-9-21(3)18-23/h6,8-16,18-19,30,39H,1,7,17,20H2,2-5H3. The molecule has 0 spiro atoms. The Morgan fingerprint density at radius 1 is 1.04 bits per heavy atom. The van der Waals surface area contributed by atoms with Crippen LogP contribution < -0.4 is 19.1 Å². The molecule has 4 aromatic rings. The molecule has 1 amide bonds. The largest absolute Gasteiger partial charge is 0.507 e. The Bertz CT molecular complexity index is 1860. The Morgan fingerprint density at radius 3 is 2.49 bits per heavy atom. The Balaban J connectivity index is 1.56. The van der Waals surface area contributed by atoms with Crippen LogP contribution in [-0.4, -0.2) is 48.1 Å². The van der Waals surface area contributed by atoms with Gasteiger partial charge in [-0.15, -0.1) is 0 Å². The number of carbonyl (C=O) groups is 3. The minimum absolute atomic E-state index is 0.00223. The number of rotatable bonds is 12. The number of amides is 1. The maximum absolute atomic E-state index is 13.7. The van der Waals surface area contributed by atoms with Gasteiger partial charge in [-0.25, -0.2) is 9.78 Å². The first-order chi connectivity index (χ1) is 22.7. The summed E-state index contributed by atoms with van der Waals surface area (Å²) >= 11 is 0.913. The zero-order valence-corrected chi connectivity index (χ0v) is 27.3. The van der Waals surface area contributed by atoms with Gasteiger partial charge in [-0.3, -0.25) is 14.5 Å². The normalized spacial score (nSPS) is 15.4. The minimum atomic E-state index is -1.11. The molecule has 0 aliphatic carbocycles. The monoisotopic (exact) mass is 654 g/mol. The average Bonchev–Trinajstić information content (AvgIpc) is 3.58. The van der Waals surface area contributed by atoms with Gasteiger partial charge in [0.25, 0.3) is 5.78 Å². The quantitative estimate of drug-likeness (QED) is 0.0583. The van der Waals surface area contributed by atoms with Crippen LogP contribution in [0.15, 0.2) is 85.0 Å². The van der Waals surface area contributed by atoms with E-state index in [2.05, 4.69) is 11.6 Å². The first-order valence-corrected chi connectivity index (χ1v) is 15.6. The molecule has 1 aromatic heterocycles. The van der Waals surface area contributed by atoms with Crippen molar-refractivity contribution in [3.05, 3.63) is 118 Å². The highest BCUT2D eigenvalue weighted by Crippen LogP contribution is 2.45. The van der Waals surface area contributed by atoms with Crippen molar-refractivity contribution in [2.24, 2.45) is 0 Å². The van der Waals surface area contributed by atoms with Crippen molar-refractivity contribution in [1.29, 1.82) is 0 Å². The van der Waals surface area contributed by atoms with E-state index in [4.69, 9.17) is 18.9 Å². The summed E-state index contributed by atoms with van der Waals surface area (Å²) in [6, 6.07) is 18.5. The first-order valence-electron chi connectivity index (χ1n) is 14.8. The summed E-state index contributed by atoms with van der Waals surface area (Å²) in [5.41, 5.74) is 3.06. The van der Waals surface area contributed by atoms with Crippen LogP contribution in [0.5, 0.6) is 17.2 Å². The van der Waals surface area contributed by atoms with Crippen LogP contribution in [0.1, 0.15) is 50.6 Å². The van der Waals surface area contributed by atoms with Crippen LogP contribution in [0.3, 0.4) is 0 Å². The van der Waals surface area contributed by atoms with E-state index in [0.717, 1.165) is 22.5 Å². The van der Waals surface area contributed by atoms with E-state index >= 15 is 0 Å². The predicted octanol–water partition coefficient (Wildman–Crippen LogP) is 6.72. The van der Waals surface area contributed by atoms with Crippen molar-refractivity contribution in [2.45, 2.75) is 33.4 Å². The molecule has 1 N–H and O–H groups in total. The Morgan fingerprint density at radius 2 is 1.81 bits per heavy atom. The van der Waals surface area contributed by atoms with Crippen molar-refractivity contribution < 1.29 is 38.4 Å². The summed E-state index contributed by atoms with van der Waals surface area (Å²) in [7, 11) is 1.48. The van der Waals surface area contributed by atoms with Crippen molar-refractivity contribution in [2.75, 3.05) is 25.2 Å². The maximum atomic E-state index is 13.7. The van der Waals surface area contributed by atoms with Crippen LogP contribution in [0.25, 0.3) is 5.76 Å². The number of nitrogens with zero attached hydrogens (tertiary/aromatic N) is 2. The van der Waals surface area contributed by atoms with E-state index in [9.17, 15) is 19.5 Å². The number of benzene rings is 3. The average molecular weight is 655 g/mol. The molecular weight excluding hydrogens is 620 g/mol. The third kappa shape index (κ3) is 6.90. The van der Waals surface area contributed by atoms with Gasteiger partial charge in [0.1, 0.15) is 29.6 Å². The van der Waals surface area contributed by atoms with Crippen LogP contribution in [0, 0.1) is 13.8 Å². The molecule has 2 heterocycles. The van der Waals surface area contributed by atoms with E-state index in [1.54, 1.807) is 49.4 Å². The summed E-state index contributed by atoms with van der Waals surface area (Å²) in [6.45, 7) is 9.75. The lowest BCUT2D eigenvalue weighted by Gasteiger charge is -2.24. The smallest absolute Gasteiger partial charge is 0.350 e. The Kier molecular flexibility index (Phi) is 10.1. The predicted molar refractivity (Wildman–Crippen MR) is 178 cm³/mol. The molecular formula is C36H34N2O8S. The molecule has 242 valence electrons. The van der Waals surface area contributed by atoms with Gasteiger partial charge >= 0.3 is 11.9 Å². The lowest BCUT2D eigenvalue weighted by atomic mass is 9.95. The van der Waals surface area contributed by atoms with Crippen molar-refractivity contribution in [3.8, 4) is 17.2 Å². The second kappa shape index (κ2) is 14.3. The van der Waals surface area contributed by atoms with Crippen molar-refractivity contribution in [1.82, 2.24) is 4.98 Å². The number of aliphatic hydroxyl groups excluding tert-OH is 1. The molecule has 1 aliphatic heterocycles. The fourth-order valence-electron chi connectivity index (χ4n) is 5.18. The summed E-state index contributed by atoms with van der Waals surface area (Å²) in [5, 5.41) is 11.7. The molecule has 1 atom stereocenters. The first kappa shape index (κ1) is 33.0.